The Morgan fingerprint density at radius 3 is 2.71 bits per heavy atom. The highest BCUT2D eigenvalue weighted by molar-refractivity contribution is 5.59. The van der Waals surface area contributed by atoms with Crippen LogP contribution in [-0.4, -0.2) is 35.0 Å². The van der Waals surface area contributed by atoms with E-state index in [0.29, 0.717) is 24.7 Å². The highest BCUT2D eigenvalue weighted by atomic mass is 16.6. The van der Waals surface area contributed by atoms with Gasteiger partial charge >= 0.3 is 5.69 Å². The third kappa shape index (κ3) is 2.94. The predicted molar refractivity (Wildman–Crippen MR) is 64.4 cm³/mol. The number of anilines is 1. The molecule has 0 spiro atoms. The number of ether oxygens (including phenoxy) is 1. The molecule has 0 fully saturated rings. The average molecular weight is 242 g/mol. The number of hydrogen-bond donors (Lipinski definition) is 1. The molecule has 7 nitrogen and oxygen atoms in total. The van der Waals surface area contributed by atoms with Crippen LogP contribution in [0.5, 0.6) is 0 Å². The third-order valence-corrected chi connectivity index (χ3v) is 2.32. The molecule has 1 aromatic heterocycles. The average Bonchev–Trinajstić information content (AvgIpc) is 2.56. The normalized spacial score (nSPS) is 10.9. The van der Waals surface area contributed by atoms with E-state index >= 15 is 0 Å². The molecule has 1 N–H and O–H groups in total. The summed E-state index contributed by atoms with van der Waals surface area (Å²) >= 11 is 0. The Labute approximate surface area is 99.9 Å². The minimum absolute atomic E-state index is 0.0369. The highest BCUT2D eigenvalue weighted by Crippen LogP contribution is 2.30. The Kier molecular flexibility index (Phi) is 4.45. The van der Waals surface area contributed by atoms with Crippen LogP contribution in [-0.2, 0) is 4.74 Å². The summed E-state index contributed by atoms with van der Waals surface area (Å²) in [5.41, 5.74) is 0.457. The fourth-order valence-electron chi connectivity index (χ4n) is 1.57. The first-order valence-electron chi connectivity index (χ1n) is 5.45. The van der Waals surface area contributed by atoms with Gasteiger partial charge in [0.25, 0.3) is 0 Å². The summed E-state index contributed by atoms with van der Waals surface area (Å²) in [5.74, 6) is 0.444. The van der Waals surface area contributed by atoms with Crippen LogP contribution in [0.3, 0.4) is 0 Å². The molecule has 17 heavy (non-hydrogen) atoms. The van der Waals surface area contributed by atoms with E-state index in [1.807, 2.05) is 13.8 Å². The molecule has 96 valence electrons. The fraction of sp³-hybridized carbons (Fsp3) is 0.700. The Morgan fingerprint density at radius 1 is 1.59 bits per heavy atom. The lowest BCUT2D eigenvalue weighted by molar-refractivity contribution is -0.384. The van der Waals surface area contributed by atoms with E-state index in [1.165, 1.54) is 0 Å². The molecule has 0 saturated carbocycles. The molecule has 0 aliphatic carbocycles. The van der Waals surface area contributed by atoms with E-state index in [2.05, 4.69) is 10.4 Å². The second-order valence-corrected chi connectivity index (χ2v) is 4.00. The van der Waals surface area contributed by atoms with E-state index in [-0.39, 0.29) is 11.7 Å². The molecule has 0 aliphatic rings. The zero-order chi connectivity index (χ0) is 13.0. The summed E-state index contributed by atoms with van der Waals surface area (Å²) in [6.45, 7) is 6.49. The number of nitro groups is 1. The molecule has 1 heterocycles. The second kappa shape index (κ2) is 5.62. The van der Waals surface area contributed by atoms with Crippen molar-refractivity contribution in [3.05, 3.63) is 15.8 Å². The van der Waals surface area contributed by atoms with Crippen LogP contribution in [0.25, 0.3) is 0 Å². The minimum atomic E-state index is -0.406. The SMILES string of the molecule is COCCNc1c([N+](=O)[O-])c(C)nn1C(C)C. The van der Waals surface area contributed by atoms with Crippen LogP contribution in [0.15, 0.2) is 0 Å². The Hall–Kier alpha value is -1.63. The number of hydrogen-bond acceptors (Lipinski definition) is 5. The Balaban J connectivity index is 3.07. The summed E-state index contributed by atoms with van der Waals surface area (Å²) in [7, 11) is 1.58. The van der Waals surface area contributed by atoms with Gasteiger partial charge in [-0.25, -0.2) is 4.68 Å². The summed E-state index contributed by atoms with van der Waals surface area (Å²) in [6, 6.07) is 0.0624. The van der Waals surface area contributed by atoms with Crippen molar-refractivity contribution in [1.29, 1.82) is 0 Å². The molecule has 7 heteroatoms. The zero-order valence-corrected chi connectivity index (χ0v) is 10.6. The van der Waals surface area contributed by atoms with Crippen LogP contribution in [0.4, 0.5) is 11.5 Å². The first-order chi connectivity index (χ1) is 7.99. The van der Waals surface area contributed by atoms with Gasteiger partial charge in [0.05, 0.1) is 11.5 Å². The number of aryl methyl sites for hydroxylation is 1. The van der Waals surface area contributed by atoms with Gasteiger partial charge in [0.15, 0.2) is 0 Å². The van der Waals surface area contributed by atoms with Gasteiger partial charge in [0.2, 0.25) is 5.82 Å². The van der Waals surface area contributed by atoms with Gasteiger partial charge in [-0.3, -0.25) is 10.1 Å². The summed E-state index contributed by atoms with van der Waals surface area (Å²) in [4.78, 5) is 10.6. The van der Waals surface area contributed by atoms with E-state index in [9.17, 15) is 10.1 Å². The van der Waals surface area contributed by atoms with E-state index in [4.69, 9.17) is 4.74 Å². The van der Waals surface area contributed by atoms with Crippen LogP contribution >= 0.6 is 0 Å². The number of nitrogens with zero attached hydrogens (tertiary/aromatic N) is 3. The maximum absolute atomic E-state index is 11.0. The number of nitrogens with one attached hydrogen (secondary N) is 1. The molecule has 0 amide bonds. The molecule has 0 radical (unpaired) electrons. The molecule has 0 aliphatic heterocycles. The lowest BCUT2D eigenvalue weighted by Crippen LogP contribution is -2.14. The topological polar surface area (TPSA) is 82.2 Å². The predicted octanol–water partition coefficient (Wildman–Crippen LogP) is 1.74. The molecule has 1 rings (SSSR count). The van der Waals surface area contributed by atoms with Crippen LogP contribution in [0.1, 0.15) is 25.6 Å². The van der Waals surface area contributed by atoms with Crippen LogP contribution in [0.2, 0.25) is 0 Å². The molecular formula is C10H18N4O3. The molecule has 0 saturated heterocycles. The van der Waals surface area contributed by atoms with Gasteiger partial charge in [0, 0.05) is 19.7 Å². The summed E-state index contributed by atoms with van der Waals surface area (Å²) < 4.78 is 6.54. The molecule has 0 bridgehead atoms. The third-order valence-electron chi connectivity index (χ3n) is 2.32. The van der Waals surface area contributed by atoms with Crippen molar-refractivity contribution in [2.45, 2.75) is 26.8 Å². The molecule has 0 atom stereocenters. The maximum atomic E-state index is 11.0. The molecule has 1 aromatic rings. The van der Waals surface area contributed by atoms with Crippen molar-refractivity contribution in [3.8, 4) is 0 Å². The number of rotatable bonds is 6. The second-order valence-electron chi connectivity index (χ2n) is 4.00. The first-order valence-corrected chi connectivity index (χ1v) is 5.45. The Morgan fingerprint density at radius 2 is 2.24 bits per heavy atom. The molecule has 0 unspecified atom stereocenters. The largest absolute Gasteiger partial charge is 0.383 e. The standard InChI is InChI=1S/C10H18N4O3/c1-7(2)13-10(11-5-6-17-4)9(14(15)16)8(3)12-13/h7,11H,5-6H2,1-4H3. The van der Waals surface area contributed by atoms with E-state index in [0.717, 1.165) is 0 Å². The lowest BCUT2D eigenvalue weighted by atomic mass is 10.3. The van der Waals surface area contributed by atoms with Crippen molar-refractivity contribution in [3.63, 3.8) is 0 Å². The summed E-state index contributed by atoms with van der Waals surface area (Å²) in [6.07, 6.45) is 0. The van der Waals surface area contributed by atoms with Gasteiger partial charge in [-0.15, -0.1) is 0 Å². The van der Waals surface area contributed by atoms with Gasteiger partial charge in [-0.2, -0.15) is 5.10 Å². The van der Waals surface area contributed by atoms with Crippen LogP contribution < -0.4 is 5.32 Å². The molecule has 0 aromatic carbocycles. The van der Waals surface area contributed by atoms with Crippen molar-refractivity contribution in [1.82, 2.24) is 9.78 Å². The number of methoxy groups -OCH3 is 1. The lowest BCUT2D eigenvalue weighted by Gasteiger charge is -2.11. The Bertz CT molecular complexity index is 401. The van der Waals surface area contributed by atoms with Crippen molar-refractivity contribution >= 4 is 11.5 Å². The van der Waals surface area contributed by atoms with E-state index < -0.39 is 4.92 Å². The van der Waals surface area contributed by atoms with Gasteiger partial charge in [0.1, 0.15) is 5.69 Å². The number of aromatic nitrogens is 2. The summed E-state index contributed by atoms with van der Waals surface area (Å²) in [5, 5.41) is 18.2. The minimum Gasteiger partial charge on any atom is -0.383 e. The van der Waals surface area contributed by atoms with Crippen LogP contribution in [0, 0.1) is 17.0 Å². The quantitative estimate of drug-likeness (QED) is 0.466. The van der Waals surface area contributed by atoms with Gasteiger partial charge < -0.3 is 10.1 Å². The van der Waals surface area contributed by atoms with Crippen molar-refractivity contribution in [2.75, 3.05) is 25.6 Å². The maximum Gasteiger partial charge on any atom is 0.333 e. The van der Waals surface area contributed by atoms with E-state index in [1.54, 1.807) is 18.7 Å². The fourth-order valence-corrected chi connectivity index (χ4v) is 1.57. The molecular weight excluding hydrogens is 224 g/mol. The van der Waals surface area contributed by atoms with Gasteiger partial charge in [-0.1, -0.05) is 0 Å². The monoisotopic (exact) mass is 242 g/mol. The first kappa shape index (κ1) is 13.4. The zero-order valence-electron chi connectivity index (χ0n) is 10.6. The van der Waals surface area contributed by atoms with Crippen molar-refractivity contribution in [2.24, 2.45) is 0 Å². The smallest absolute Gasteiger partial charge is 0.333 e. The van der Waals surface area contributed by atoms with Gasteiger partial charge in [-0.05, 0) is 20.8 Å². The highest BCUT2D eigenvalue weighted by Gasteiger charge is 2.25. The van der Waals surface area contributed by atoms with Crippen molar-refractivity contribution < 1.29 is 9.66 Å².